The first-order valence-corrected chi connectivity index (χ1v) is 28.8. The average Bonchev–Trinajstić information content (AvgIpc) is 3.97. The van der Waals surface area contributed by atoms with Crippen LogP contribution in [0.1, 0.15) is 49.9 Å². The number of rotatable bonds is 8. The van der Waals surface area contributed by atoms with Crippen LogP contribution in [0.4, 0.5) is 34.1 Å². The fourth-order valence-electron chi connectivity index (χ4n) is 14.3. The largest absolute Gasteiger partial charge is 0.310 e. The summed E-state index contributed by atoms with van der Waals surface area (Å²) in [7, 11) is 0. The Kier molecular flexibility index (Phi) is 10.7. The smallest absolute Gasteiger partial charge is 0.0468 e. The molecule has 0 saturated carbocycles. The van der Waals surface area contributed by atoms with Crippen molar-refractivity contribution in [2.45, 2.75) is 38.5 Å². The van der Waals surface area contributed by atoms with Crippen LogP contribution in [0.2, 0.25) is 0 Å². The van der Waals surface area contributed by atoms with E-state index in [4.69, 9.17) is 0 Å². The molecule has 0 radical (unpaired) electrons. The second-order valence-electron chi connectivity index (χ2n) is 23.7. The van der Waals surface area contributed by atoms with Crippen LogP contribution in [0.15, 0.2) is 279 Å². The molecule has 0 saturated heterocycles. The second kappa shape index (κ2) is 18.3. The van der Waals surface area contributed by atoms with E-state index in [9.17, 15) is 0 Å². The molecule has 82 heavy (non-hydrogen) atoms. The van der Waals surface area contributed by atoms with E-state index in [1.807, 2.05) is 0 Å². The Balaban J connectivity index is 0.780. The van der Waals surface area contributed by atoms with Crippen LogP contribution in [0.25, 0.3) is 98.4 Å². The highest BCUT2D eigenvalue weighted by molar-refractivity contribution is 6.26. The van der Waals surface area contributed by atoms with E-state index >= 15 is 0 Å². The van der Waals surface area contributed by atoms with Crippen LogP contribution in [0.3, 0.4) is 0 Å². The second-order valence-corrected chi connectivity index (χ2v) is 23.7. The van der Waals surface area contributed by atoms with Gasteiger partial charge in [0, 0.05) is 45.0 Å². The van der Waals surface area contributed by atoms with Gasteiger partial charge in [-0.3, -0.25) is 0 Å². The topological polar surface area (TPSA) is 6.48 Å². The summed E-state index contributed by atoms with van der Waals surface area (Å²) in [5.74, 6) is 0. The third-order valence-electron chi connectivity index (χ3n) is 18.3. The van der Waals surface area contributed by atoms with Gasteiger partial charge in [0.2, 0.25) is 0 Å². The first kappa shape index (κ1) is 47.9. The highest BCUT2D eigenvalue weighted by atomic mass is 15.1. The number of benzene rings is 14. The Morgan fingerprint density at radius 3 is 1.01 bits per heavy atom. The summed E-state index contributed by atoms with van der Waals surface area (Å²) in [6, 6.07) is 104. The van der Waals surface area contributed by atoms with Crippen LogP contribution in [0, 0.1) is 0 Å². The van der Waals surface area contributed by atoms with E-state index in [1.54, 1.807) is 0 Å². The molecule has 2 aliphatic carbocycles. The Hall–Kier alpha value is -10.0. The van der Waals surface area contributed by atoms with Crippen molar-refractivity contribution >= 4 is 88.0 Å². The van der Waals surface area contributed by atoms with Crippen molar-refractivity contribution in [3.8, 4) is 44.5 Å². The predicted octanol–water partition coefficient (Wildman–Crippen LogP) is 22.3. The number of para-hydroxylation sites is 2. The molecular formula is C80H58N2. The SMILES string of the molecule is CC1(C)c2ccccc2-c2cc(N(c3ccccc3)c3ccc4cc(-c5cc6cc(-c7ccc8cc(N(c9ccccc9)c9ccc%10c(c9)-c9ccccc9C%10(C)C)ccc8c7)c7ccccc7c6c6ccccc56)ccc4c3)ccc21. The molecule has 0 aromatic heterocycles. The normalized spacial score (nSPS) is 13.6. The third-order valence-corrected chi connectivity index (χ3v) is 18.3. The zero-order valence-corrected chi connectivity index (χ0v) is 46.5. The van der Waals surface area contributed by atoms with Gasteiger partial charge in [0.1, 0.15) is 0 Å². The van der Waals surface area contributed by atoms with E-state index < -0.39 is 0 Å². The summed E-state index contributed by atoms with van der Waals surface area (Å²) < 4.78 is 0. The van der Waals surface area contributed by atoms with E-state index in [2.05, 4.69) is 317 Å². The van der Waals surface area contributed by atoms with Crippen LogP contribution in [-0.4, -0.2) is 0 Å². The molecule has 2 heteroatoms. The molecule has 0 aliphatic heterocycles. The van der Waals surface area contributed by atoms with Gasteiger partial charge >= 0.3 is 0 Å². The molecule has 14 aromatic carbocycles. The standard InChI is InChI=1S/C80H58N2/c1-79(2)74-29-17-15-25-66(74)72-49-62(39-41-76(72)79)81(58-19-7-5-8-20-58)60-37-35-51-43-55(33-31-53(51)45-60)70-47-57-48-71(65-24-12-14-28-69(65)78(57)68-27-13-11-23-64(68)70)56-34-32-54-46-61(38-36-52(54)44-56)82(59-21-9-6-10-22-59)63-40-42-77-73(50-63)67-26-16-18-30-75(67)80(77,3)4/h5-50H,1-4H3. The molecule has 0 heterocycles. The maximum absolute atomic E-state index is 2.44. The molecule has 0 bridgehead atoms. The minimum Gasteiger partial charge on any atom is -0.310 e. The molecular weight excluding hydrogens is 989 g/mol. The average molecular weight is 1050 g/mol. The molecule has 0 atom stereocenters. The van der Waals surface area contributed by atoms with Gasteiger partial charge in [-0.05, 0) is 218 Å². The van der Waals surface area contributed by atoms with Gasteiger partial charge < -0.3 is 9.80 Å². The lowest BCUT2D eigenvalue weighted by atomic mass is 9.82. The fraction of sp³-hybridized carbons (Fsp3) is 0.0750. The summed E-state index contributed by atoms with van der Waals surface area (Å²) >= 11 is 0. The number of hydrogen-bond donors (Lipinski definition) is 0. The Morgan fingerprint density at radius 2 is 0.561 bits per heavy atom. The molecule has 14 aromatic rings. The van der Waals surface area contributed by atoms with Crippen molar-refractivity contribution in [3.05, 3.63) is 301 Å². The lowest BCUT2D eigenvalue weighted by Gasteiger charge is -2.27. The summed E-state index contributed by atoms with van der Waals surface area (Å²) in [4.78, 5) is 4.81. The predicted molar refractivity (Wildman–Crippen MR) is 349 cm³/mol. The lowest BCUT2D eigenvalue weighted by molar-refractivity contribution is 0.660. The van der Waals surface area contributed by atoms with Gasteiger partial charge in [-0.25, -0.2) is 0 Å². The molecule has 2 aliphatic rings. The highest BCUT2D eigenvalue weighted by Gasteiger charge is 2.37. The van der Waals surface area contributed by atoms with E-state index in [1.165, 1.54) is 121 Å². The van der Waals surface area contributed by atoms with Gasteiger partial charge in [-0.1, -0.05) is 210 Å². The Labute approximate surface area is 479 Å². The van der Waals surface area contributed by atoms with Crippen LogP contribution < -0.4 is 9.80 Å². The molecule has 0 spiro atoms. The molecule has 16 rings (SSSR count). The fourth-order valence-corrected chi connectivity index (χ4v) is 14.3. The van der Waals surface area contributed by atoms with Gasteiger partial charge in [-0.15, -0.1) is 0 Å². The van der Waals surface area contributed by atoms with Crippen LogP contribution >= 0.6 is 0 Å². The molecule has 0 N–H and O–H groups in total. The van der Waals surface area contributed by atoms with Gasteiger partial charge in [0.05, 0.1) is 0 Å². The molecule has 388 valence electrons. The number of anilines is 6. The highest BCUT2D eigenvalue weighted by Crippen LogP contribution is 2.53. The quantitative estimate of drug-likeness (QED) is 0.140. The number of fused-ring (bicyclic) bond motifs is 13. The van der Waals surface area contributed by atoms with E-state index in [0.29, 0.717) is 0 Å². The third kappa shape index (κ3) is 7.41. The molecule has 2 nitrogen and oxygen atoms in total. The minimum atomic E-state index is -0.0530. The maximum Gasteiger partial charge on any atom is 0.0468 e. The van der Waals surface area contributed by atoms with E-state index in [0.717, 1.165) is 34.1 Å². The van der Waals surface area contributed by atoms with Crippen molar-refractivity contribution in [1.29, 1.82) is 0 Å². The molecule has 0 fully saturated rings. The molecule has 0 unspecified atom stereocenters. The van der Waals surface area contributed by atoms with Crippen molar-refractivity contribution in [1.82, 2.24) is 0 Å². The van der Waals surface area contributed by atoms with Gasteiger partial charge in [0.15, 0.2) is 0 Å². The number of nitrogens with zero attached hydrogens (tertiary/aromatic N) is 2. The van der Waals surface area contributed by atoms with Crippen molar-refractivity contribution in [2.75, 3.05) is 9.80 Å². The Bertz CT molecular complexity index is 4620. The van der Waals surface area contributed by atoms with Crippen molar-refractivity contribution < 1.29 is 0 Å². The summed E-state index contributed by atoms with van der Waals surface area (Å²) in [5.41, 5.74) is 22.4. The maximum atomic E-state index is 2.44. The first-order chi connectivity index (χ1) is 40.2. The number of hydrogen-bond acceptors (Lipinski definition) is 2. The van der Waals surface area contributed by atoms with Crippen molar-refractivity contribution in [2.24, 2.45) is 0 Å². The summed E-state index contributed by atoms with van der Waals surface area (Å²) in [5, 5.41) is 12.3. The minimum absolute atomic E-state index is 0.0530. The zero-order valence-electron chi connectivity index (χ0n) is 46.5. The van der Waals surface area contributed by atoms with Gasteiger partial charge in [-0.2, -0.15) is 0 Å². The lowest BCUT2D eigenvalue weighted by Crippen LogP contribution is -2.15. The van der Waals surface area contributed by atoms with Crippen LogP contribution in [-0.2, 0) is 10.8 Å². The van der Waals surface area contributed by atoms with E-state index in [-0.39, 0.29) is 10.8 Å². The summed E-state index contributed by atoms with van der Waals surface area (Å²) in [6.45, 7) is 9.39. The van der Waals surface area contributed by atoms with Gasteiger partial charge in [0.25, 0.3) is 0 Å². The monoisotopic (exact) mass is 1050 g/mol. The Morgan fingerprint density at radius 1 is 0.220 bits per heavy atom. The van der Waals surface area contributed by atoms with Crippen molar-refractivity contribution in [3.63, 3.8) is 0 Å². The first-order valence-electron chi connectivity index (χ1n) is 28.8. The molecule has 0 amide bonds. The van der Waals surface area contributed by atoms with Crippen LogP contribution in [0.5, 0.6) is 0 Å². The zero-order chi connectivity index (χ0) is 54.8. The summed E-state index contributed by atoms with van der Waals surface area (Å²) in [6.07, 6.45) is 0.